The van der Waals surface area contributed by atoms with Gasteiger partial charge in [-0.25, -0.2) is 0 Å². The van der Waals surface area contributed by atoms with Crippen LogP contribution in [-0.4, -0.2) is 4.98 Å². The van der Waals surface area contributed by atoms with Crippen LogP contribution in [0.4, 0.5) is 0 Å². The molecule has 0 fully saturated rings. The lowest BCUT2D eigenvalue weighted by Crippen LogP contribution is -1.90. The van der Waals surface area contributed by atoms with Crippen molar-refractivity contribution in [1.82, 2.24) is 4.98 Å². The van der Waals surface area contributed by atoms with Crippen LogP contribution in [0, 0.1) is 6.92 Å². The number of aryl methyl sites for hydroxylation is 1. The number of aromatic nitrogens is 1. The monoisotopic (exact) mass is 259 g/mol. The fraction of sp³-hybridized carbons (Fsp3) is 0.105. The van der Waals surface area contributed by atoms with Crippen LogP contribution >= 0.6 is 0 Å². The highest BCUT2D eigenvalue weighted by Crippen LogP contribution is 2.20. The van der Waals surface area contributed by atoms with Crippen LogP contribution in [0.25, 0.3) is 11.3 Å². The second-order valence-corrected chi connectivity index (χ2v) is 5.08. The standard InChI is InChI=1S/C19H17N/c1-15-10-11-20-19(12-15)18-9-5-8-17(14-18)13-16-6-3-2-4-7-16/h2-12,14H,13H2,1H3. The Balaban J connectivity index is 1.90. The molecule has 0 bridgehead atoms. The third kappa shape index (κ3) is 2.94. The van der Waals surface area contributed by atoms with Gasteiger partial charge in [-0.2, -0.15) is 0 Å². The molecule has 0 unspecified atom stereocenters. The molecule has 0 atom stereocenters. The predicted molar refractivity (Wildman–Crippen MR) is 83.7 cm³/mol. The lowest BCUT2D eigenvalue weighted by Gasteiger charge is -2.06. The molecule has 1 heteroatoms. The van der Waals surface area contributed by atoms with Crippen LogP contribution in [0.15, 0.2) is 72.9 Å². The minimum absolute atomic E-state index is 0.959. The van der Waals surface area contributed by atoms with E-state index in [0.717, 1.165) is 12.1 Å². The van der Waals surface area contributed by atoms with Gasteiger partial charge in [0.2, 0.25) is 0 Å². The Morgan fingerprint density at radius 1 is 0.800 bits per heavy atom. The molecule has 3 rings (SSSR count). The summed E-state index contributed by atoms with van der Waals surface area (Å²) in [5, 5.41) is 0. The first-order valence-electron chi connectivity index (χ1n) is 6.87. The van der Waals surface area contributed by atoms with Gasteiger partial charge in [0.25, 0.3) is 0 Å². The van der Waals surface area contributed by atoms with Gasteiger partial charge >= 0.3 is 0 Å². The Morgan fingerprint density at radius 2 is 1.60 bits per heavy atom. The Kier molecular flexibility index (Phi) is 3.60. The predicted octanol–water partition coefficient (Wildman–Crippen LogP) is 4.65. The van der Waals surface area contributed by atoms with Crippen molar-refractivity contribution < 1.29 is 0 Å². The highest BCUT2D eigenvalue weighted by Gasteiger charge is 2.02. The van der Waals surface area contributed by atoms with Crippen molar-refractivity contribution in [2.24, 2.45) is 0 Å². The van der Waals surface area contributed by atoms with E-state index in [4.69, 9.17) is 0 Å². The Labute approximate surface area is 119 Å². The number of rotatable bonds is 3. The van der Waals surface area contributed by atoms with Gasteiger partial charge in [0.1, 0.15) is 0 Å². The lowest BCUT2D eigenvalue weighted by molar-refractivity contribution is 1.19. The van der Waals surface area contributed by atoms with Crippen molar-refractivity contribution in [3.05, 3.63) is 89.6 Å². The van der Waals surface area contributed by atoms with Crippen molar-refractivity contribution in [3.8, 4) is 11.3 Å². The molecule has 0 aliphatic rings. The number of nitrogens with zero attached hydrogens (tertiary/aromatic N) is 1. The van der Waals surface area contributed by atoms with E-state index in [2.05, 4.69) is 72.6 Å². The number of hydrogen-bond acceptors (Lipinski definition) is 1. The molecule has 1 aromatic heterocycles. The molecule has 0 aliphatic heterocycles. The number of benzene rings is 2. The van der Waals surface area contributed by atoms with Gasteiger partial charge in [0.05, 0.1) is 5.69 Å². The summed E-state index contributed by atoms with van der Waals surface area (Å²) in [6.45, 7) is 2.10. The van der Waals surface area contributed by atoms with Crippen molar-refractivity contribution in [3.63, 3.8) is 0 Å². The molecular formula is C19H17N. The smallest absolute Gasteiger partial charge is 0.0704 e. The normalized spacial score (nSPS) is 10.4. The van der Waals surface area contributed by atoms with Crippen LogP contribution in [0.2, 0.25) is 0 Å². The van der Waals surface area contributed by atoms with E-state index in [0.29, 0.717) is 0 Å². The summed E-state index contributed by atoms with van der Waals surface area (Å²) < 4.78 is 0. The van der Waals surface area contributed by atoms with Gasteiger partial charge in [-0.3, -0.25) is 4.98 Å². The molecule has 0 N–H and O–H groups in total. The molecule has 98 valence electrons. The zero-order chi connectivity index (χ0) is 13.8. The zero-order valence-electron chi connectivity index (χ0n) is 11.6. The number of pyridine rings is 1. The van der Waals surface area contributed by atoms with Crippen LogP contribution in [0.3, 0.4) is 0 Å². The Morgan fingerprint density at radius 3 is 2.40 bits per heavy atom. The average Bonchev–Trinajstić information content (AvgIpc) is 2.49. The Bertz CT molecular complexity index is 702. The molecular weight excluding hydrogens is 242 g/mol. The maximum Gasteiger partial charge on any atom is 0.0704 e. The van der Waals surface area contributed by atoms with Crippen molar-refractivity contribution in [2.75, 3.05) is 0 Å². The average molecular weight is 259 g/mol. The topological polar surface area (TPSA) is 12.9 Å². The molecule has 0 saturated carbocycles. The summed E-state index contributed by atoms with van der Waals surface area (Å²) in [6, 6.07) is 23.3. The molecule has 0 radical (unpaired) electrons. The Hall–Kier alpha value is -2.41. The first-order valence-corrected chi connectivity index (χ1v) is 6.87. The maximum absolute atomic E-state index is 4.46. The van der Waals surface area contributed by atoms with E-state index < -0.39 is 0 Å². The first-order chi connectivity index (χ1) is 9.81. The minimum atomic E-state index is 0.959. The van der Waals surface area contributed by atoms with Gasteiger partial charge in [-0.1, -0.05) is 48.5 Å². The fourth-order valence-electron chi connectivity index (χ4n) is 2.37. The highest BCUT2D eigenvalue weighted by atomic mass is 14.7. The summed E-state index contributed by atoms with van der Waals surface area (Å²) in [7, 11) is 0. The van der Waals surface area contributed by atoms with Crippen molar-refractivity contribution in [1.29, 1.82) is 0 Å². The molecule has 0 spiro atoms. The van der Waals surface area contributed by atoms with E-state index in [1.165, 1.54) is 22.3 Å². The summed E-state index contributed by atoms with van der Waals surface area (Å²) in [5.74, 6) is 0. The molecule has 2 aromatic carbocycles. The summed E-state index contributed by atoms with van der Waals surface area (Å²) in [5.41, 5.74) is 6.12. The zero-order valence-corrected chi connectivity index (χ0v) is 11.6. The van der Waals surface area contributed by atoms with E-state index in [-0.39, 0.29) is 0 Å². The van der Waals surface area contributed by atoms with Gasteiger partial charge in [0, 0.05) is 11.8 Å². The maximum atomic E-state index is 4.46. The molecule has 3 aromatic rings. The van der Waals surface area contributed by atoms with Gasteiger partial charge in [-0.05, 0) is 48.2 Å². The number of hydrogen-bond donors (Lipinski definition) is 0. The van der Waals surface area contributed by atoms with E-state index in [1.807, 2.05) is 12.3 Å². The largest absolute Gasteiger partial charge is 0.256 e. The van der Waals surface area contributed by atoms with E-state index >= 15 is 0 Å². The van der Waals surface area contributed by atoms with Crippen LogP contribution in [0.1, 0.15) is 16.7 Å². The van der Waals surface area contributed by atoms with E-state index in [9.17, 15) is 0 Å². The lowest BCUT2D eigenvalue weighted by atomic mass is 10.0. The summed E-state index contributed by atoms with van der Waals surface area (Å²) in [6.07, 6.45) is 2.83. The minimum Gasteiger partial charge on any atom is -0.256 e. The molecule has 0 saturated heterocycles. The summed E-state index contributed by atoms with van der Waals surface area (Å²) >= 11 is 0. The highest BCUT2D eigenvalue weighted by molar-refractivity contribution is 5.60. The molecule has 20 heavy (non-hydrogen) atoms. The van der Waals surface area contributed by atoms with Crippen molar-refractivity contribution in [2.45, 2.75) is 13.3 Å². The van der Waals surface area contributed by atoms with Crippen molar-refractivity contribution >= 4 is 0 Å². The molecule has 1 nitrogen and oxygen atoms in total. The van der Waals surface area contributed by atoms with Crippen LogP contribution < -0.4 is 0 Å². The summed E-state index contributed by atoms with van der Waals surface area (Å²) in [4.78, 5) is 4.46. The third-order valence-corrected chi connectivity index (χ3v) is 3.39. The third-order valence-electron chi connectivity index (χ3n) is 3.39. The molecule has 0 aliphatic carbocycles. The second kappa shape index (κ2) is 5.70. The van der Waals surface area contributed by atoms with Crippen LogP contribution in [-0.2, 0) is 6.42 Å². The SMILES string of the molecule is Cc1ccnc(-c2cccc(Cc3ccccc3)c2)c1. The molecule has 1 heterocycles. The van der Waals surface area contributed by atoms with Crippen LogP contribution in [0.5, 0.6) is 0 Å². The first kappa shape index (κ1) is 12.6. The molecule has 0 amide bonds. The quantitative estimate of drug-likeness (QED) is 0.667. The fourth-order valence-corrected chi connectivity index (χ4v) is 2.37. The van der Waals surface area contributed by atoms with Gasteiger partial charge < -0.3 is 0 Å². The van der Waals surface area contributed by atoms with Gasteiger partial charge in [0.15, 0.2) is 0 Å². The van der Waals surface area contributed by atoms with E-state index in [1.54, 1.807) is 0 Å². The van der Waals surface area contributed by atoms with Gasteiger partial charge in [-0.15, -0.1) is 0 Å². The second-order valence-electron chi connectivity index (χ2n) is 5.08.